The van der Waals surface area contributed by atoms with Gasteiger partial charge in [0, 0.05) is 5.92 Å². The Labute approximate surface area is 244 Å². The van der Waals surface area contributed by atoms with Gasteiger partial charge >= 0.3 is 12.1 Å². The molecule has 2 saturated heterocycles. The van der Waals surface area contributed by atoms with Gasteiger partial charge in [0.1, 0.15) is 5.60 Å². The molecule has 0 aromatic heterocycles. The van der Waals surface area contributed by atoms with Crippen LogP contribution in [0.25, 0.3) is 0 Å². The van der Waals surface area contributed by atoms with Gasteiger partial charge in [-0.1, -0.05) is 112 Å². The second-order valence-corrected chi connectivity index (χ2v) is 17.5. The maximum atomic E-state index is 13.7. The second kappa shape index (κ2) is 10.8. The van der Waals surface area contributed by atoms with Crippen LogP contribution in [0.2, 0.25) is 5.04 Å². The summed E-state index contributed by atoms with van der Waals surface area (Å²) >= 11 is 0. The van der Waals surface area contributed by atoms with Crippen molar-refractivity contribution in [2.75, 3.05) is 13.2 Å². The molecular weight excluding hydrogens is 530 g/mol. The summed E-state index contributed by atoms with van der Waals surface area (Å²) < 4.78 is 19.3. The van der Waals surface area contributed by atoms with E-state index in [2.05, 4.69) is 69.3 Å². The van der Waals surface area contributed by atoms with E-state index in [1.807, 2.05) is 63.2 Å². The van der Waals surface area contributed by atoms with Crippen molar-refractivity contribution in [3.05, 3.63) is 96.6 Å². The zero-order chi connectivity index (χ0) is 29.5. The summed E-state index contributed by atoms with van der Waals surface area (Å²) in [6.45, 7) is 12.8. The first kappa shape index (κ1) is 29.1. The zero-order valence-corrected chi connectivity index (χ0v) is 25.9. The first-order chi connectivity index (χ1) is 19.4. The lowest BCUT2D eigenvalue weighted by Crippen LogP contribution is -2.67. The minimum atomic E-state index is -2.90. The minimum absolute atomic E-state index is 0.211. The van der Waals surface area contributed by atoms with Gasteiger partial charge in [-0.2, -0.15) is 0 Å². The molecule has 0 N–H and O–H groups in total. The highest BCUT2D eigenvalue weighted by Gasteiger charge is 2.63. The van der Waals surface area contributed by atoms with Crippen LogP contribution in [-0.2, 0) is 24.3 Å². The Morgan fingerprint density at radius 1 is 0.878 bits per heavy atom. The quantitative estimate of drug-likeness (QED) is 0.283. The Balaban J connectivity index is 1.60. The van der Waals surface area contributed by atoms with Crippen LogP contribution in [0.1, 0.15) is 53.5 Å². The van der Waals surface area contributed by atoms with Crippen molar-refractivity contribution in [1.29, 1.82) is 0 Å². The summed E-state index contributed by atoms with van der Waals surface area (Å²) in [5.41, 5.74) is -0.735. The van der Waals surface area contributed by atoms with Crippen LogP contribution in [0.5, 0.6) is 0 Å². The summed E-state index contributed by atoms with van der Waals surface area (Å²) in [5.74, 6) is -0.527. The number of hydrogen-bond acceptors (Lipinski definition) is 5. The number of amides is 1. The van der Waals surface area contributed by atoms with E-state index in [9.17, 15) is 9.59 Å². The van der Waals surface area contributed by atoms with E-state index in [0.717, 1.165) is 15.9 Å². The number of rotatable bonds is 6. The number of fused-ring (bicyclic) bond motifs is 1. The molecule has 3 aromatic carbocycles. The van der Waals surface area contributed by atoms with Gasteiger partial charge in [0.2, 0.25) is 0 Å². The van der Waals surface area contributed by atoms with Crippen molar-refractivity contribution in [2.45, 2.75) is 70.2 Å². The molecule has 2 aliphatic heterocycles. The Morgan fingerprint density at radius 2 is 1.39 bits per heavy atom. The Bertz CT molecular complexity index is 1330. The molecule has 3 atom stereocenters. The molecule has 5 rings (SSSR count). The predicted octanol–water partition coefficient (Wildman–Crippen LogP) is 5.64. The summed E-state index contributed by atoms with van der Waals surface area (Å²) in [7, 11) is -2.90. The average molecular weight is 572 g/mol. The molecule has 0 bridgehead atoms. The maximum Gasteiger partial charge on any atom is 0.410 e. The number of carbonyl (C=O) groups excluding carboxylic acids is 2. The predicted molar refractivity (Wildman–Crippen MR) is 163 cm³/mol. The molecule has 6 nitrogen and oxygen atoms in total. The molecular formula is C34H41NO5Si. The third-order valence-electron chi connectivity index (χ3n) is 8.33. The van der Waals surface area contributed by atoms with Gasteiger partial charge in [-0.05, 0) is 41.7 Å². The third-order valence-corrected chi connectivity index (χ3v) is 13.3. The number of benzene rings is 3. The van der Waals surface area contributed by atoms with E-state index in [1.54, 1.807) is 4.90 Å². The fourth-order valence-corrected chi connectivity index (χ4v) is 11.2. The first-order valence-electron chi connectivity index (χ1n) is 14.4. The van der Waals surface area contributed by atoms with Crippen molar-refractivity contribution < 1.29 is 23.5 Å². The van der Waals surface area contributed by atoms with E-state index < -0.39 is 31.7 Å². The lowest BCUT2D eigenvalue weighted by molar-refractivity contribution is -0.149. The fourth-order valence-electron chi connectivity index (χ4n) is 6.63. The smallest absolute Gasteiger partial charge is 0.410 e. The molecule has 0 saturated carbocycles. The largest absolute Gasteiger partial charge is 0.452 e. The van der Waals surface area contributed by atoms with Gasteiger partial charge < -0.3 is 13.9 Å². The molecule has 2 fully saturated rings. The normalized spacial score (nSPS) is 22.8. The maximum absolute atomic E-state index is 13.7. The molecule has 41 heavy (non-hydrogen) atoms. The van der Waals surface area contributed by atoms with Gasteiger partial charge in [-0.3, -0.25) is 9.69 Å². The van der Waals surface area contributed by atoms with Gasteiger partial charge in [0.25, 0.3) is 8.32 Å². The molecule has 0 radical (unpaired) electrons. The van der Waals surface area contributed by atoms with Crippen LogP contribution in [0.3, 0.4) is 0 Å². The molecule has 0 aliphatic carbocycles. The highest BCUT2D eigenvalue weighted by molar-refractivity contribution is 6.99. The Morgan fingerprint density at radius 3 is 1.88 bits per heavy atom. The van der Waals surface area contributed by atoms with Crippen molar-refractivity contribution in [3.8, 4) is 0 Å². The molecule has 2 aliphatic rings. The van der Waals surface area contributed by atoms with E-state index in [1.165, 1.54) is 0 Å². The Kier molecular flexibility index (Phi) is 7.64. The number of nitrogens with zero attached hydrogens (tertiary/aromatic N) is 1. The molecule has 7 heteroatoms. The van der Waals surface area contributed by atoms with Gasteiger partial charge in [0.15, 0.2) is 5.60 Å². The summed E-state index contributed by atoms with van der Waals surface area (Å²) in [6.07, 6.45) is -0.211. The zero-order valence-electron chi connectivity index (χ0n) is 24.9. The molecule has 216 valence electrons. The number of ether oxygens (including phenoxy) is 2. The van der Waals surface area contributed by atoms with Crippen molar-refractivity contribution in [2.24, 2.45) is 5.92 Å². The van der Waals surface area contributed by atoms with Gasteiger partial charge in [0.05, 0.1) is 25.6 Å². The summed E-state index contributed by atoms with van der Waals surface area (Å²) in [4.78, 5) is 28.4. The first-order valence-corrected chi connectivity index (χ1v) is 16.3. The third kappa shape index (κ3) is 5.33. The lowest BCUT2D eigenvalue weighted by Gasteiger charge is -2.44. The topological polar surface area (TPSA) is 65.1 Å². The van der Waals surface area contributed by atoms with Gasteiger partial charge in [-0.15, -0.1) is 0 Å². The van der Waals surface area contributed by atoms with Crippen molar-refractivity contribution >= 4 is 30.8 Å². The van der Waals surface area contributed by atoms with Crippen molar-refractivity contribution in [1.82, 2.24) is 4.90 Å². The number of esters is 1. The molecule has 3 aromatic rings. The van der Waals surface area contributed by atoms with Crippen LogP contribution >= 0.6 is 0 Å². The number of carbonyl (C=O) groups is 2. The van der Waals surface area contributed by atoms with Crippen molar-refractivity contribution in [3.63, 3.8) is 0 Å². The summed E-state index contributed by atoms with van der Waals surface area (Å²) in [6, 6.07) is 30.2. The van der Waals surface area contributed by atoms with Crippen LogP contribution in [0, 0.1) is 5.92 Å². The van der Waals surface area contributed by atoms with E-state index >= 15 is 0 Å². The second-order valence-electron chi connectivity index (χ2n) is 13.2. The molecule has 0 spiro atoms. The number of hydrogen-bond donors (Lipinski definition) is 0. The molecule has 1 amide bonds. The van der Waals surface area contributed by atoms with Crippen LogP contribution in [0.15, 0.2) is 91.0 Å². The number of likely N-dealkylation sites (tertiary alicyclic amines) is 1. The SMILES string of the molecule is CC(C)(C)OC(=O)N1C[C@]2(c3ccccc3)OC(=O)C[C@@H]2[C@H]1CO[Si](c1ccccc1)(c1ccccc1)C(C)(C)C. The van der Waals surface area contributed by atoms with E-state index in [-0.39, 0.29) is 36.5 Å². The minimum Gasteiger partial charge on any atom is -0.452 e. The van der Waals surface area contributed by atoms with Gasteiger partial charge in [-0.25, -0.2) is 4.79 Å². The fraction of sp³-hybridized carbons (Fsp3) is 0.412. The highest BCUT2D eigenvalue weighted by atomic mass is 28.4. The van der Waals surface area contributed by atoms with Crippen LogP contribution in [0.4, 0.5) is 4.79 Å². The molecule has 0 unspecified atom stereocenters. The Hall–Kier alpha value is -3.42. The lowest BCUT2D eigenvalue weighted by atomic mass is 9.81. The average Bonchev–Trinajstić information content (AvgIpc) is 3.41. The molecule has 2 heterocycles. The highest BCUT2D eigenvalue weighted by Crippen LogP contribution is 2.51. The standard InChI is InChI=1S/C34H41NO5Si/c1-32(2,3)40-31(37)35-24-34(25-16-10-7-11-17-25)28(22-30(36)39-34)29(35)23-38-41(33(4,5)6,26-18-12-8-13-19-26)27-20-14-9-15-21-27/h7-21,28-29H,22-24H2,1-6H3/t28-,29-,34-/m1/s1. The van der Waals surface area contributed by atoms with Crippen LogP contribution < -0.4 is 10.4 Å². The van der Waals surface area contributed by atoms with E-state index in [0.29, 0.717) is 0 Å². The van der Waals surface area contributed by atoms with E-state index in [4.69, 9.17) is 13.9 Å². The van der Waals surface area contributed by atoms with Crippen LogP contribution in [-0.4, -0.2) is 50.1 Å². The summed E-state index contributed by atoms with van der Waals surface area (Å²) in [5, 5.41) is 2.09. The monoisotopic (exact) mass is 571 g/mol.